The molecule has 0 saturated heterocycles. The number of pyridine rings is 1. The van der Waals surface area contributed by atoms with Crippen LogP contribution in [0.25, 0.3) is 0 Å². The van der Waals surface area contributed by atoms with Gasteiger partial charge >= 0.3 is 0 Å². The van der Waals surface area contributed by atoms with Crippen molar-refractivity contribution in [2.75, 3.05) is 0 Å². The molecule has 0 bridgehead atoms. The summed E-state index contributed by atoms with van der Waals surface area (Å²) in [5.41, 5.74) is 4.63. The molecule has 0 spiro atoms. The third kappa shape index (κ3) is 2.74. The highest BCUT2D eigenvalue weighted by Gasteiger charge is 2.11. The van der Waals surface area contributed by atoms with E-state index in [0.717, 1.165) is 30.5 Å². The van der Waals surface area contributed by atoms with E-state index in [4.69, 9.17) is 0 Å². The number of rotatable bonds is 0. The minimum atomic E-state index is 0.818. The first kappa shape index (κ1) is 11.7. The van der Waals surface area contributed by atoms with Crippen molar-refractivity contribution >= 4 is 0 Å². The summed E-state index contributed by atoms with van der Waals surface area (Å²) >= 11 is 0. The summed E-state index contributed by atoms with van der Waals surface area (Å²) in [5.74, 6) is 6.41. The highest BCUT2D eigenvalue weighted by Crippen LogP contribution is 2.28. The van der Waals surface area contributed by atoms with Crippen LogP contribution in [0.15, 0.2) is 71.5 Å². The molecule has 0 atom stereocenters. The SMILES string of the molecule is C(#Cc1ccccn1)C1=C2C=CCCC2=CCC=C1. The van der Waals surface area contributed by atoms with Crippen molar-refractivity contribution in [2.45, 2.75) is 19.3 Å². The zero-order chi connectivity index (χ0) is 12.9. The maximum Gasteiger partial charge on any atom is 0.113 e. The Labute approximate surface area is 114 Å². The van der Waals surface area contributed by atoms with Gasteiger partial charge in [-0.1, -0.05) is 36.3 Å². The monoisotopic (exact) mass is 245 g/mol. The Morgan fingerprint density at radius 2 is 2.05 bits per heavy atom. The summed E-state index contributed by atoms with van der Waals surface area (Å²) in [6, 6.07) is 5.80. The quantitative estimate of drug-likeness (QED) is 0.630. The molecule has 1 nitrogen and oxygen atoms in total. The highest BCUT2D eigenvalue weighted by molar-refractivity contribution is 5.58. The molecule has 2 aliphatic carbocycles. The summed E-state index contributed by atoms with van der Waals surface area (Å²) in [4.78, 5) is 4.24. The fourth-order valence-corrected chi connectivity index (χ4v) is 2.32. The van der Waals surface area contributed by atoms with Gasteiger partial charge in [-0.25, -0.2) is 4.98 Å². The predicted molar refractivity (Wildman–Crippen MR) is 78.4 cm³/mol. The molecule has 0 aromatic carbocycles. The molecule has 0 fully saturated rings. The van der Waals surface area contributed by atoms with Gasteiger partial charge in [0.1, 0.15) is 5.69 Å². The van der Waals surface area contributed by atoms with Gasteiger partial charge in [0.2, 0.25) is 0 Å². The molecule has 1 heterocycles. The first-order valence-corrected chi connectivity index (χ1v) is 6.63. The molecular weight excluding hydrogens is 230 g/mol. The molecule has 19 heavy (non-hydrogen) atoms. The molecule has 92 valence electrons. The topological polar surface area (TPSA) is 12.9 Å². The number of aromatic nitrogens is 1. The standard InChI is InChI=1S/C18H15N/c1-2-9-16(12-13-17-10-5-6-14-19-17)18-11-4-3-8-15(18)7-1/h2,4-7,9-11,14H,1,3,8H2. The van der Waals surface area contributed by atoms with Crippen LogP contribution in [0.3, 0.4) is 0 Å². The van der Waals surface area contributed by atoms with Gasteiger partial charge in [-0.05, 0) is 54.5 Å². The van der Waals surface area contributed by atoms with E-state index >= 15 is 0 Å². The first-order valence-electron chi connectivity index (χ1n) is 6.63. The van der Waals surface area contributed by atoms with Crippen molar-refractivity contribution in [3.05, 3.63) is 77.2 Å². The minimum absolute atomic E-state index is 0.818. The van der Waals surface area contributed by atoms with Crippen LogP contribution in [0.4, 0.5) is 0 Å². The highest BCUT2D eigenvalue weighted by atomic mass is 14.6. The molecule has 0 N–H and O–H groups in total. The molecule has 0 radical (unpaired) electrons. The molecule has 2 aliphatic rings. The summed E-state index contributed by atoms with van der Waals surface area (Å²) in [6.45, 7) is 0. The fraction of sp³-hybridized carbons (Fsp3) is 0.167. The van der Waals surface area contributed by atoms with E-state index in [1.807, 2.05) is 18.2 Å². The Kier molecular flexibility index (Phi) is 3.42. The average Bonchev–Trinajstić information content (AvgIpc) is 2.68. The second-order valence-corrected chi connectivity index (χ2v) is 4.60. The van der Waals surface area contributed by atoms with Gasteiger partial charge < -0.3 is 0 Å². The number of fused-ring (bicyclic) bond motifs is 1. The van der Waals surface area contributed by atoms with E-state index in [1.165, 1.54) is 11.1 Å². The van der Waals surface area contributed by atoms with E-state index in [0.29, 0.717) is 0 Å². The van der Waals surface area contributed by atoms with E-state index < -0.39 is 0 Å². The number of allylic oxidation sites excluding steroid dienone is 8. The summed E-state index contributed by atoms with van der Waals surface area (Å²) in [5, 5.41) is 0. The predicted octanol–water partition coefficient (Wildman–Crippen LogP) is 3.97. The Morgan fingerprint density at radius 3 is 2.95 bits per heavy atom. The van der Waals surface area contributed by atoms with E-state index in [-0.39, 0.29) is 0 Å². The minimum Gasteiger partial charge on any atom is -0.248 e. The summed E-state index contributed by atoms with van der Waals surface area (Å²) in [7, 11) is 0. The molecule has 0 unspecified atom stereocenters. The summed E-state index contributed by atoms with van der Waals surface area (Å²) < 4.78 is 0. The lowest BCUT2D eigenvalue weighted by Crippen LogP contribution is -1.95. The third-order valence-electron chi connectivity index (χ3n) is 3.28. The Balaban J connectivity index is 2.01. The van der Waals surface area contributed by atoms with Crippen molar-refractivity contribution in [1.29, 1.82) is 0 Å². The van der Waals surface area contributed by atoms with Crippen LogP contribution in [0, 0.1) is 11.8 Å². The van der Waals surface area contributed by atoms with Gasteiger partial charge in [0.25, 0.3) is 0 Å². The van der Waals surface area contributed by atoms with Crippen LogP contribution in [0.1, 0.15) is 25.0 Å². The molecule has 3 rings (SSSR count). The lowest BCUT2D eigenvalue weighted by Gasteiger charge is -2.12. The second kappa shape index (κ2) is 5.54. The van der Waals surface area contributed by atoms with Crippen LogP contribution in [0.5, 0.6) is 0 Å². The Bertz CT molecular complexity index is 646. The van der Waals surface area contributed by atoms with Crippen LogP contribution in [0.2, 0.25) is 0 Å². The Hall–Kier alpha value is -2.33. The zero-order valence-electron chi connectivity index (χ0n) is 10.8. The number of hydrogen-bond donors (Lipinski definition) is 0. The van der Waals surface area contributed by atoms with Crippen LogP contribution in [-0.4, -0.2) is 4.98 Å². The van der Waals surface area contributed by atoms with Gasteiger partial charge in [0.05, 0.1) is 0 Å². The third-order valence-corrected chi connectivity index (χ3v) is 3.28. The van der Waals surface area contributed by atoms with Crippen molar-refractivity contribution in [2.24, 2.45) is 0 Å². The largest absolute Gasteiger partial charge is 0.248 e. The van der Waals surface area contributed by atoms with Gasteiger partial charge in [-0.15, -0.1) is 0 Å². The van der Waals surface area contributed by atoms with Crippen LogP contribution < -0.4 is 0 Å². The smallest absolute Gasteiger partial charge is 0.113 e. The second-order valence-electron chi connectivity index (χ2n) is 4.60. The maximum absolute atomic E-state index is 4.24. The lowest BCUT2D eigenvalue weighted by molar-refractivity contribution is 0.959. The Morgan fingerprint density at radius 1 is 1.05 bits per heavy atom. The molecule has 1 heteroatoms. The molecule has 0 aliphatic heterocycles. The van der Waals surface area contributed by atoms with E-state index in [9.17, 15) is 0 Å². The van der Waals surface area contributed by atoms with E-state index in [2.05, 4.69) is 47.2 Å². The zero-order valence-corrected chi connectivity index (χ0v) is 10.8. The van der Waals surface area contributed by atoms with Crippen molar-refractivity contribution in [3.63, 3.8) is 0 Å². The molecular formula is C18H15N. The first-order chi connectivity index (χ1) is 9.43. The van der Waals surface area contributed by atoms with Gasteiger partial charge in [0, 0.05) is 11.8 Å². The van der Waals surface area contributed by atoms with Gasteiger partial charge in [-0.2, -0.15) is 0 Å². The molecule has 1 aromatic rings. The van der Waals surface area contributed by atoms with E-state index in [1.54, 1.807) is 6.20 Å². The fourth-order valence-electron chi connectivity index (χ4n) is 2.32. The molecule has 1 aromatic heterocycles. The number of nitrogens with zero attached hydrogens (tertiary/aromatic N) is 1. The number of hydrogen-bond acceptors (Lipinski definition) is 1. The molecule has 0 amide bonds. The van der Waals surface area contributed by atoms with Gasteiger partial charge in [-0.3, -0.25) is 0 Å². The molecule has 0 saturated carbocycles. The van der Waals surface area contributed by atoms with Crippen LogP contribution in [-0.2, 0) is 0 Å². The summed E-state index contributed by atoms with van der Waals surface area (Å²) in [6.07, 6.45) is 16.1. The van der Waals surface area contributed by atoms with Gasteiger partial charge in [0.15, 0.2) is 0 Å². The van der Waals surface area contributed by atoms with Crippen molar-refractivity contribution in [3.8, 4) is 11.8 Å². The average molecular weight is 245 g/mol. The lowest BCUT2D eigenvalue weighted by atomic mass is 9.92. The normalized spacial score (nSPS) is 17.2. The van der Waals surface area contributed by atoms with Crippen molar-refractivity contribution < 1.29 is 0 Å². The van der Waals surface area contributed by atoms with Crippen LogP contribution >= 0.6 is 0 Å². The van der Waals surface area contributed by atoms with Crippen molar-refractivity contribution in [1.82, 2.24) is 4.98 Å². The maximum atomic E-state index is 4.24.